The van der Waals surface area contributed by atoms with Crippen molar-refractivity contribution in [1.29, 1.82) is 0 Å². The SMILES string of the molecule is CCCC1CC(NC(=O)OCC)CN(C(C)C)C1. The van der Waals surface area contributed by atoms with Crippen LogP contribution < -0.4 is 5.32 Å². The maximum absolute atomic E-state index is 11.5. The van der Waals surface area contributed by atoms with Gasteiger partial charge in [0.2, 0.25) is 0 Å². The number of nitrogens with zero attached hydrogens (tertiary/aromatic N) is 1. The van der Waals surface area contributed by atoms with Gasteiger partial charge in [-0.1, -0.05) is 13.3 Å². The number of nitrogens with one attached hydrogen (secondary N) is 1. The highest BCUT2D eigenvalue weighted by molar-refractivity contribution is 5.67. The molecule has 0 spiro atoms. The van der Waals surface area contributed by atoms with Crippen molar-refractivity contribution in [3.8, 4) is 0 Å². The molecule has 1 fully saturated rings. The van der Waals surface area contributed by atoms with Gasteiger partial charge in [-0.15, -0.1) is 0 Å². The molecule has 1 aliphatic heterocycles. The van der Waals surface area contributed by atoms with Crippen molar-refractivity contribution in [2.45, 2.75) is 59.0 Å². The summed E-state index contributed by atoms with van der Waals surface area (Å²) in [4.78, 5) is 14.0. The van der Waals surface area contributed by atoms with Gasteiger partial charge in [-0.2, -0.15) is 0 Å². The molecule has 1 heterocycles. The summed E-state index contributed by atoms with van der Waals surface area (Å²) >= 11 is 0. The van der Waals surface area contributed by atoms with Crippen LogP contribution in [0.25, 0.3) is 0 Å². The van der Waals surface area contributed by atoms with Crippen LogP contribution in [0.15, 0.2) is 0 Å². The zero-order valence-corrected chi connectivity index (χ0v) is 12.2. The standard InChI is InChI=1S/C14H28N2O2/c1-5-7-12-8-13(15-14(17)18-6-2)10-16(9-12)11(3)4/h11-13H,5-10H2,1-4H3,(H,15,17). The number of likely N-dealkylation sites (tertiary alicyclic amines) is 1. The molecular formula is C14H28N2O2. The molecule has 0 bridgehead atoms. The molecule has 0 aliphatic carbocycles. The number of carbonyl (C=O) groups is 1. The predicted octanol–water partition coefficient (Wildman–Crippen LogP) is 2.63. The lowest BCUT2D eigenvalue weighted by Gasteiger charge is -2.40. The topological polar surface area (TPSA) is 41.6 Å². The number of hydrogen-bond donors (Lipinski definition) is 1. The molecule has 0 saturated carbocycles. The quantitative estimate of drug-likeness (QED) is 0.822. The van der Waals surface area contributed by atoms with Gasteiger partial charge in [0.15, 0.2) is 0 Å². The molecular weight excluding hydrogens is 228 g/mol. The number of ether oxygens (including phenoxy) is 1. The fourth-order valence-corrected chi connectivity index (χ4v) is 2.72. The second-order valence-electron chi connectivity index (χ2n) is 5.50. The molecule has 18 heavy (non-hydrogen) atoms. The summed E-state index contributed by atoms with van der Waals surface area (Å²) in [5.41, 5.74) is 0. The molecule has 1 aliphatic rings. The first-order valence-electron chi connectivity index (χ1n) is 7.24. The molecule has 1 N–H and O–H groups in total. The minimum Gasteiger partial charge on any atom is -0.450 e. The Morgan fingerprint density at radius 3 is 2.67 bits per heavy atom. The van der Waals surface area contributed by atoms with Crippen molar-refractivity contribution in [3.05, 3.63) is 0 Å². The molecule has 0 aromatic heterocycles. The summed E-state index contributed by atoms with van der Waals surface area (Å²) in [6.45, 7) is 11.0. The zero-order valence-electron chi connectivity index (χ0n) is 12.2. The van der Waals surface area contributed by atoms with E-state index in [-0.39, 0.29) is 12.1 Å². The van der Waals surface area contributed by atoms with Gasteiger partial charge in [-0.05, 0) is 39.5 Å². The molecule has 0 radical (unpaired) electrons. The molecule has 4 nitrogen and oxygen atoms in total. The monoisotopic (exact) mass is 256 g/mol. The van der Waals surface area contributed by atoms with Gasteiger partial charge in [0.25, 0.3) is 0 Å². The molecule has 0 aromatic rings. The summed E-state index contributed by atoms with van der Waals surface area (Å²) in [6, 6.07) is 0.771. The number of rotatable bonds is 5. The van der Waals surface area contributed by atoms with Gasteiger partial charge < -0.3 is 10.1 Å². The number of amides is 1. The Morgan fingerprint density at radius 1 is 1.39 bits per heavy atom. The van der Waals surface area contributed by atoms with Gasteiger partial charge in [-0.25, -0.2) is 4.79 Å². The Labute approximate surface area is 111 Å². The van der Waals surface area contributed by atoms with E-state index >= 15 is 0 Å². The van der Waals surface area contributed by atoms with Crippen molar-refractivity contribution < 1.29 is 9.53 Å². The van der Waals surface area contributed by atoms with Crippen LogP contribution in [-0.4, -0.2) is 42.8 Å². The molecule has 1 saturated heterocycles. The Hall–Kier alpha value is -0.770. The summed E-state index contributed by atoms with van der Waals surface area (Å²) in [6.07, 6.45) is 3.26. The molecule has 2 unspecified atom stereocenters. The number of carbonyl (C=O) groups excluding carboxylic acids is 1. The maximum Gasteiger partial charge on any atom is 0.407 e. The maximum atomic E-state index is 11.5. The van der Waals surface area contributed by atoms with Gasteiger partial charge in [0, 0.05) is 25.2 Å². The van der Waals surface area contributed by atoms with E-state index in [2.05, 4.69) is 31.0 Å². The highest BCUT2D eigenvalue weighted by Gasteiger charge is 2.29. The fraction of sp³-hybridized carbons (Fsp3) is 0.929. The summed E-state index contributed by atoms with van der Waals surface area (Å²) < 4.78 is 4.97. The van der Waals surface area contributed by atoms with Gasteiger partial charge in [0.05, 0.1) is 6.61 Å². The lowest BCUT2D eigenvalue weighted by atomic mass is 9.90. The van der Waals surface area contributed by atoms with Crippen LogP contribution in [0.3, 0.4) is 0 Å². The van der Waals surface area contributed by atoms with E-state index < -0.39 is 0 Å². The third kappa shape index (κ3) is 4.84. The fourth-order valence-electron chi connectivity index (χ4n) is 2.72. The number of piperidine rings is 1. The first-order chi connectivity index (χ1) is 8.56. The Morgan fingerprint density at radius 2 is 2.11 bits per heavy atom. The lowest BCUT2D eigenvalue weighted by molar-refractivity contribution is 0.0962. The van der Waals surface area contributed by atoms with Crippen LogP contribution in [0.5, 0.6) is 0 Å². The zero-order chi connectivity index (χ0) is 13.5. The molecule has 1 amide bonds. The second-order valence-corrected chi connectivity index (χ2v) is 5.50. The summed E-state index contributed by atoms with van der Waals surface area (Å²) in [5.74, 6) is 0.693. The van der Waals surface area contributed by atoms with Crippen LogP contribution in [0.2, 0.25) is 0 Å². The van der Waals surface area contributed by atoms with Crippen LogP contribution in [0.4, 0.5) is 4.79 Å². The van der Waals surface area contributed by atoms with Crippen molar-refractivity contribution >= 4 is 6.09 Å². The third-order valence-corrected chi connectivity index (χ3v) is 3.59. The van der Waals surface area contributed by atoms with E-state index in [0.29, 0.717) is 18.6 Å². The summed E-state index contributed by atoms with van der Waals surface area (Å²) in [5, 5.41) is 2.99. The highest BCUT2D eigenvalue weighted by Crippen LogP contribution is 2.22. The lowest BCUT2D eigenvalue weighted by Crippen LogP contribution is -2.52. The van der Waals surface area contributed by atoms with Crippen LogP contribution >= 0.6 is 0 Å². The first kappa shape index (κ1) is 15.3. The van der Waals surface area contributed by atoms with Gasteiger partial charge >= 0.3 is 6.09 Å². The van der Waals surface area contributed by atoms with Crippen molar-refractivity contribution in [2.24, 2.45) is 5.92 Å². The van der Waals surface area contributed by atoms with E-state index in [0.717, 1.165) is 19.5 Å². The molecule has 2 atom stereocenters. The van der Waals surface area contributed by atoms with Crippen molar-refractivity contribution in [3.63, 3.8) is 0 Å². The van der Waals surface area contributed by atoms with E-state index in [1.165, 1.54) is 12.8 Å². The van der Waals surface area contributed by atoms with Crippen LogP contribution in [0, 0.1) is 5.92 Å². The number of alkyl carbamates (subject to hydrolysis) is 1. The van der Waals surface area contributed by atoms with E-state index in [4.69, 9.17) is 4.74 Å². The molecule has 106 valence electrons. The van der Waals surface area contributed by atoms with Crippen molar-refractivity contribution in [2.75, 3.05) is 19.7 Å². The predicted molar refractivity (Wildman–Crippen MR) is 73.7 cm³/mol. The summed E-state index contributed by atoms with van der Waals surface area (Å²) in [7, 11) is 0. The van der Waals surface area contributed by atoms with Crippen molar-refractivity contribution in [1.82, 2.24) is 10.2 Å². The molecule has 0 aromatic carbocycles. The Bertz CT molecular complexity index is 256. The smallest absolute Gasteiger partial charge is 0.407 e. The van der Waals surface area contributed by atoms with Crippen LogP contribution in [0.1, 0.15) is 47.0 Å². The number of hydrogen-bond acceptors (Lipinski definition) is 3. The van der Waals surface area contributed by atoms with Gasteiger partial charge in [-0.3, -0.25) is 4.90 Å². The highest BCUT2D eigenvalue weighted by atomic mass is 16.5. The third-order valence-electron chi connectivity index (χ3n) is 3.59. The van der Waals surface area contributed by atoms with Crippen LogP contribution in [-0.2, 0) is 4.74 Å². The molecule has 1 rings (SSSR count). The minimum absolute atomic E-state index is 0.233. The molecule has 4 heteroatoms. The Balaban J connectivity index is 2.52. The first-order valence-corrected chi connectivity index (χ1v) is 7.24. The average molecular weight is 256 g/mol. The minimum atomic E-state index is -0.275. The second kappa shape index (κ2) is 7.62. The normalized spacial score (nSPS) is 25.2. The van der Waals surface area contributed by atoms with E-state index in [1.54, 1.807) is 0 Å². The van der Waals surface area contributed by atoms with E-state index in [9.17, 15) is 4.79 Å². The average Bonchev–Trinajstić information content (AvgIpc) is 2.29. The van der Waals surface area contributed by atoms with E-state index in [1.807, 2.05) is 6.92 Å². The largest absolute Gasteiger partial charge is 0.450 e. The Kier molecular flexibility index (Phi) is 6.47. The van der Waals surface area contributed by atoms with Gasteiger partial charge in [0.1, 0.15) is 0 Å².